The van der Waals surface area contributed by atoms with Gasteiger partial charge in [-0.15, -0.1) is 0 Å². The molecule has 2 bridgehead atoms. The lowest BCUT2D eigenvalue weighted by atomic mass is 9.97. The Morgan fingerprint density at radius 2 is 1.36 bits per heavy atom. The number of hydrogen-bond acceptors (Lipinski definition) is 5. The fourth-order valence-electron chi connectivity index (χ4n) is 4.72. The molecule has 0 saturated heterocycles. The number of benzene rings is 3. The first kappa shape index (κ1) is 22.0. The van der Waals surface area contributed by atoms with Crippen LogP contribution in [0.3, 0.4) is 0 Å². The Morgan fingerprint density at radius 1 is 0.758 bits per heavy atom. The van der Waals surface area contributed by atoms with Crippen LogP contribution in [0.2, 0.25) is 0 Å². The highest BCUT2D eigenvalue weighted by Crippen LogP contribution is 2.28. The minimum atomic E-state index is 0.827. The standard InChI is InChI=1S/C28H33N5/c1-3-10-26-22(6-1)18-23-7-2-4-11-27(23)28(26)21-31-14-17-33-15-12-29-19-24-8-5-9-25(32-24)20-30-13-16-33/h1-11,18,29-31H,12-17,19-21H2. The smallest absolute Gasteiger partial charge is 0.0545 e. The maximum atomic E-state index is 4.71. The summed E-state index contributed by atoms with van der Waals surface area (Å²) in [5.41, 5.74) is 3.63. The largest absolute Gasteiger partial charge is 0.311 e. The van der Waals surface area contributed by atoms with Gasteiger partial charge in [-0.05, 0) is 45.3 Å². The Labute approximate surface area is 196 Å². The third-order valence-electron chi connectivity index (χ3n) is 6.48. The monoisotopic (exact) mass is 439 g/mol. The van der Waals surface area contributed by atoms with Gasteiger partial charge in [-0.25, -0.2) is 0 Å². The van der Waals surface area contributed by atoms with Gasteiger partial charge in [0.25, 0.3) is 0 Å². The van der Waals surface area contributed by atoms with Crippen LogP contribution < -0.4 is 16.0 Å². The van der Waals surface area contributed by atoms with E-state index in [1.807, 2.05) is 0 Å². The van der Waals surface area contributed by atoms with Gasteiger partial charge in [0.2, 0.25) is 0 Å². The predicted molar refractivity (Wildman–Crippen MR) is 137 cm³/mol. The molecule has 0 radical (unpaired) electrons. The summed E-state index contributed by atoms with van der Waals surface area (Å²) in [7, 11) is 0. The van der Waals surface area contributed by atoms with Crippen LogP contribution in [0.1, 0.15) is 17.0 Å². The van der Waals surface area contributed by atoms with Crippen molar-refractivity contribution in [2.75, 3.05) is 39.3 Å². The van der Waals surface area contributed by atoms with Gasteiger partial charge in [0.05, 0.1) is 11.4 Å². The van der Waals surface area contributed by atoms with Crippen LogP contribution in [0, 0.1) is 0 Å². The van der Waals surface area contributed by atoms with Crippen LogP contribution in [0.25, 0.3) is 21.5 Å². The van der Waals surface area contributed by atoms with Gasteiger partial charge in [-0.2, -0.15) is 0 Å². The van der Waals surface area contributed by atoms with Gasteiger partial charge >= 0.3 is 0 Å². The molecule has 3 N–H and O–H groups in total. The van der Waals surface area contributed by atoms with Crippen LogP contribution in [0.5, 0.6) is 0 Å². The maximum Gasteiger partial charge on any atom is 0.0545 e. The number of fused-ring (bicyclic) bond motifs is 4. The van der Waals surface area contributed by atoms with E-state index in [1.165, 1.54) is 27.1 Å². The summed E-state index contributed by atoms with van der Waals surface area (Å²) in [5.74, 6) is 0. The summed E-state index contributed by atoms with van der Waals surface area (Å²) in [4.78, 5) is 7.25. The lowest BCUT2D eigenvalue weighted by Crippen LogP contribution is -2.40. The van der Waals surface area contributed by atoms with E-state index in [0.717, 1.165) is 70.3 Å². The second-order valence-corrected chi connectivity index (χ2v) is 8.79. The number of hydrogen-bond donors (Lipinski definition) is 3. The molecule has 2 heterocycles. The van der Waals surface area contributed by atoms with E-state index in [1.54, 1.807) is 0 Å². The summed E-state index contributed by atoms with van der Waals surface area (Å²) in [5, 5.41) is 16.2. The highest BCUT2D eigenvalue weighted by Gasteiger charge is 2.09. The Bertz CT molecular complexity index is 1120. The molecule has 4 aromatic rings. The third kappa shape index (κ3) is 5.57. The van der Waals surface area contributed by atoms with E-state index in [9.17, 15) is 0 Å². The van der Waals surface area contributed by atoms with Crippen molar-refractivity contribution in [3.63, 3.8) is 0 Å². The second kappa shape index (κ2) is 10.9. The molecule has 5 nitrogen and oxygen atoms in total. The first-order valence-corrected chi connectivity index (χ1v) is 12.1. The molecule has 170 valence electrons. The van der Waals surface area contributed by atoms with E-state index in [0.29, 0.717) is 0 Å². The summed E-state index contributed by atoms with van der Waals surface area (Å²) >= 11 is 0. The number of aromatic nitrogens is 1. The third-order valence-corrected chi connectivity index (χ3v) is 6.48. The summed E-state index contributed by atoms with van der Waals surface area (Å²) in [6.45, 7) is 8.57. The van der Waals surface area contributed by atoms with Crippen molar-refractivity contribution in [3.8, 4) is 0 Å². The molecule has 0 amide bonds. The van der Waals surface area contributed by atoms with Gasteiger partial charge in [-0.1, -0.05) is 54.6 Å². The van der Waals surface area contributed by atoms with E-state index < -0.39 is 0 Å². The molecule has 1 aromatic heterocycles. The fraction of sp³-hybridized carbons (Fsp3) is 0.321. The topological polar surface area (TPSA) is 52.2 Å². The van der Waals surface area contributed by atoms with Crippen molar-refractivity contribution in [1.82, 2.24) is 25.8 Å². The van der Waals surface area contributed by atoms with Gasteiger partial charge in [0, 0.05) is 58.9 Å². The SMILES string of the molecule is c1cc2nc(c1)CNCCN(CCNCc1c3ccccc3cc3ccccc13)CCNC2. The van der Waals surface area contributed by atoms with Gasteiger partial charge in [0.1, 0.15) is 0 Å². The van der Waals surface area contributed by atoms with Gasteiger partial charge in [-0.3, -0.25) is 9.88 Å². The van der Waals surface area contributed by atoms with Crippen LogP contribution >= 0.6 is 0 Å². The van der Waals surface area contributed by atoms with Gasteiger partial charge in [0.15, 0.2) is 0 Å². The van der Waals surface area contributed by atoms with Crippen molar-refractivity contribution >= 4 is 21.5 Å². The van der Waals surface area contributed by atoms with Crippen LogP contribution in [0.4, 0.5) is 0 Å². The number of rotatable bonds is 5. The number of nitrogens with zero attached hydrogens (tertiary/aromatic N) is 2. The Morgan fingerprint density at radius 3 is 2.00 bits per heavy atom. The average Bonchev–Trinajstić information content (AvgIpc) is 2.85. The Balaban J connectivity index is 1.19. The van der Waals surface area contributed by atoms with Crippen LogP contribution in [-0.2, 0) is 19.6 Å². The zero-order chi connectivity index (χ0) is 22.3. The van der Waals surface area contributed by atoms with Crippen LogP contribution in [-0.4, -0.2) is 49.2 Å². The summed E-state index contributed by atoms with van der Waals surface area (Å²) < 4.78 is 0. The summed E-state index contributed by atoms with van der Waals surface area (Å²) in [6, 6.07) is 26.1. The van der Waals surface area contributed by atoms with E-state index >= 15 is 0 Å². The predicted octanol–water partition coefficient (Wildman–Crippen LogP) is 3.67. The molecule has 1 aliphatic rings. The molecule has 0 unspecified atom stereocenters. The Hall–Kier alpha value is -2.83. The number of nitrogens with one attached hydrogen (secondary N) is 3. The minimum Gasteiger partial charge on any atom is -0.311 e. The molecule has 5 rings (SSSR count). The molecule has 0 spiro atoms. The van der Waals surface area contributed by atoms with Crippen molar-refractivity contribution in [1.29, 1.82) is 0 Å². The van der Waals surface area contributed by atoms with E-state index in [-0.39, 0.29) is 0 Å². The minimum absolute atomic E-state index is 0.827. The van der Waals surface area contributed by atoms with Crippen molar-refractivity contribution in [3.05, 3.63) is 89.7 Å². The molecule has 0 saturated carbocycles. The molecular formula is C28H33N5. The average molecular weight is 440 g/mol. The molecule has 5 heteroatoms. The lowest BCUT2D eigenvalue weighted by molar-refractivity contribution is 0.270. The molecule has 0 atom stereocenters. The quantitative estimate of drug-likeness (QED) is 0.327. The Kier molecular flexibility index (Phi) is 7.23. The molecule has 1 aliphatic heterocycles. The fourth-order valence-corrected chi connectivity index (χ4v) is 4.72. The molecule has 0 fully saturated rings. The molecular weight excluding hydrogens is 406 g/mol. The maximum absolute atomic E-state index is 4.71. The normalized spacial score (nSPS) is 15.9. The molecule has 0 aliphatic carbocycles. The van der Waals surface area contributed by atoms with E-state index in [2.05, 4.69) is 93.6 Å². The van der Waals surface area contributed by atoms with Crippen LogP contribution in [0.15, 0.2) is 72.8 Å². The lowest BCUT2D eigenvalue weighted by Gasteiger charge is -2.24. The zero-order valence-electron chi connectivity index (χ0n) is 19.2. The highest BCUT2D eigenvalue weighted by molar-refractivity contribution is 6.02. The highest BCUT2D eigenvalue weighted by atomic mass is 15.2. The number of pyridine rings is 1. The summed E-state index contributed by atoms with van der Waals surface area (Å²) in [6.07, 6.45) is 0. The van der Waals surface area contributed by atoms with Crippen molar-refractivity contribution in [2.24, 2.45) is 0 Å². The van der Waals surface area contributed by atoms with Crippen molar-refractivity contribution < 1.29 is 0 Å². The van der Waals surface area contributed by atoms with Gasteiger partial charge < -0.3 is 16.0 Å². The first-order chi connectivity index (χ1) is 16.4. The van der Waals surface area contributed by atoms with Crippen molar-refractivity contribution in [2.45, 2.75) is 19.6 Å². The molecule has 33 heavy (non-hydrogen) atoms. The second-order valence-electron chi connectivity index (χ2n) is 8.79. The zero-order valence-corrected chi connectivity index (χ0v) is 19.2. The molecule has 3 aromatic carbocycles. The van der Waals surface area contributed by atoms with E-state index in [4.69, 9.17) is 4.98 Å². The first-order valence-electron chi connectivity index (χ1n) is 12.1.